The second-order valence-electron chi connectivity index (χ2n) is 7.13. The molecule has 0 aliphatic carbocycles. The summed E-state index contributed by atoms with van der Waals surface area (Å²) >= 11 is 0. The molecular formula is C23H23NO5. The highest BCUT2D eigenvalue weighted by Gasteiger charge is 2.23. The number of ketones is 1. The van der Waals surface area contributed by atoms with Gasteiger partial charge < -0.3 is 19.2 Å². The molecule has 2 atom stereocenters. The summed E-state index contributed by atoms with van der Waals surface area (Å²) in [4.78, 5) is 28.2. The number of ether oxygens (including phenoxy) is 3. The molecule has 4 rings (SSSR count). The van der Waals surface area contributed by atoms with Gasteiger partial charge in [-0.15, -0.1) is 0 Å². The lowest BCUT2D eigenvalue weighted by Gasteiger charge is -2.13. The van der Waals surface area contributed by atoms with Crippen LogP contribution in [0.2, 0.25) is 0 Å². The fourth-order valence-electron chi connectivity index (χ4n) is 3.43. The van der Waals surface area contributed by atoms with Crippen molar-refractivity contribution >= 4 is 22.7 Å². The molecule has 1 aliphatic heterocycles. The zero-order valence-corrected chi connectivity index (χ0v) is 16.2. The number of esters is 1. The third-order valence-corrected chi connectivity index (χ3v) is 5.06. The molecule has 1 saturated heterocycles. The number of benzene rings is 2. The highest BCUT2D eigenvalue weighted by atomic mass is 16.5. The van der Waals surface area contributed by atoms with Gasteiger partial charge in [0.25, 0.3) is 0 Å². The van der Waals surface area contributed by atoms with Crippen molar-refractivity contribution in [1.82, 2.24) is 4.98 Å². The molecule has 1 aliphatic rings. The summed E-state index contributed by atoms with van der Waals surface area (Å²) in [6.45, 7) is 2.87. The molecule has 1 N–H and O–H groups in total. The Labute approximate surface area is 168 Å². The first-order chi connectivity index (χ1) is 14.1. The van der Waals surface area contributed by atoms with E-state index in [1.165, 1.54) is 0 Å². The van der Waals surface area contributed by atoms with Crippen molar-refractivity contribution in [3.63, 3.8) is 0 Å². The Hall–Kier alpha value is -3.12. The molecule has 1 fully saturated rings. The standard InChI is InChI=1S/C23H23NO5/c1-15(22(25)20-13-24-21-7-3-2-6-19(20)21)29-23(26)16-8-10-17(11-9-16)28-14-18-5-4-12-27-18/h2-3,6-11,13,15,18,24H,4-5,12,14H2,1H3. The molecule has 6 nitrogen and oxygen atoms in total. The van der Waals surface area contributed by atoms with Crippen molar-refractivity contribution < 1.29 is 23.8 Å². The summed E-state index contributed by atoms with van der Waals surface area (Å²) < 4.78 is 16.6. The van der Waals surface area contributed by atoms with Gasteiger partial charge in [-0.25, -0.2) is 4.79 Å². The first kappa shape index (κ1) is 19.2. The van der Waals surface area contributed by atoms with Crippen LogP contribution in [0.15, 0.2) is 54.7 Å². The van der Waals surface area contributed by atoms with Gasteiger partial charge in [0, 0.05) is 29.3 Å². The predicted octanol–water partition coefficient (Wildman–Crippen LogP) is 4.15. The van der Waals surface area contributed by atoms with Gasteiger partial charge in [0.15, 0.2) is 6.10 Å². The predicted molar refractivity (Wildman–Crippen MR) is 108 cm³/mol. The van der Waals surface area contributed by atoms with Crippen molar-refractivity contribution in [3.05, 3.63) is 65.9 Å². The van der Waals surface area contributed by atoms with Crippen LogP contribution >= 0.6 is 0 Å². The molecule has 0 spiro atoms. The molecule has 6 heteroatoms. The maximum absolute atomic E-state index is 12.7. The van der Waals surface area contributed by atoms with Gasteiger partial charge in [0.1, 0.15) is 12.4 Å². The first-order valence-electron chi connectivity index (χ1n) is 9.77. The Balaban J connectivity index is 1.36. The minimum atomic E-state index is -0.892. The van der Waals surface area contributed by atoms with Crippen molar-refractivity contribution in [2.75, 3.05) is 13.2 Å². The zero-order chi connectivity index (χ0) is 20.2. The number of para-hydroxylation sites is 1. The van der Waals surface area contributed by atoms with E-state index in [9.17, 15) is 9.59 Å². The maximum Gasteiger partial charge on any atom is 0.338 e. The van der Waals surface area contributed by atoms with Crippen LogP contribution in [0.4, 0.5) is 0 Å². The molecule has 3 aromatic rings. The van der Waals surface area contributed by atoms with Gasteiger partial charge in [-0.1, -0.05) is 18.2 Å². The van der Waals surface area contributed by atoms with E-state index in [1.807, 2.05) is 24.3 Å². The monoisotopic (exact) mass is 393 g/mol. The summed E-state index contributed by atoms with van der Waals surface area (Å²) in [6, 6.07) is 14.2. The molecule has 0 radical (unpaired) electrons. The number of H-pyrrole nitrogens is 1. The third kappa shape index (κ3) is 4.32. The molecule has 2 unspecified atom stereocenters. The van der Waals surface area contributed by atoms with Gasteiger partial charge in [-0.05, 0) is 50.1 Å². The van der Waals surface area contributed by atoms with Crippen LogP contribution in [0.25, 0.3) is 10.9 Å². The van der Waals surface area contributed by atoms with E-state index < -0.39 is 12.1 Å². The van der Waals surface area contributed by atoms with Crippen LogP contribution in [0, 0.1) is 0 Å². The number of carbonyl (C=O) groups is 2. The Morgan fingerprint density at radius 3 is 2.72 bits per heavy atom. The van der Waals surface area contributed by atoms with Crippen molar-refractivity contribution in [2.24, 2.45) is 0 Å². The van der Waals surface area contributed by atoms with E-state index in [0.29, 0.717) is 23.5 Å². The Bertz CT molecular complexity index is 1000. The summed E-state index contributed by atoms with van der Waals surface area (Å²) in [6.07, 6.45) is 2.96. The van der Waals surface area contributed by atoms with Gasteiger partial charge in [0.2, 0.25) is 5.78 Å². The maximum atomic E-state index is 12.7. The fraction of sp³-hybridized carbons (Fsp3) is 0.304. The number of Topliss-reactive ketones (excluding diaryl/α,β-unsaturated/α-hetero) is 1. The topological polar surface area (TPSA) is 77.6 Å². The number of nitrogens with one attached hydrogen (secondary N) is 1. The highest BCUT2D eigenvalue weighted by molar-refractivity contribution is 6.10. The van der Waals surface area contributed by atoms with E-state index in [2.05, 4.69) is 4.98 Å². The number of aromatic nitrogens is 1. The first-order valence-corrected chi connectivity index (χ1v) is 9.77. The quantitative estimate of drug-likeness (QED) is 0.482. The molecular weight excluding hydrogens is 370 g/mol. The highest BCUT2D eigenvalue weighted by Crippen LogP contribution is 2.21. The van der Waals surface area contributed by atoms with Crippen LogP contribution in [0.5, 0.6) is 5.75 Å². The smallest absolute Gasteiger partial charge is 0.338 e. The van der Waals surface area contributed by atoms with Gasteiger partial charge in [0.05, 0.1) is 11.7 Å². The number of hydrogen-bond donors (Lipinski definition) is 1. The Kier molecular flexibility index (Phi) is 5.62. The Morgan fingerprint density at radius 2 is 1.97 bits per heavy atom. The molecule has 29 heavy (non-hydrogen) atoms. The average molecular weight is 393 g/mol. The van der Waals surface area contributed by atoms with Crippen LogP contribution in [-0.2, 0) is 9.47 Å². The van der Waals surface area contributed by atoms with E-state index in [1.54, 1.807) is 37.4 Å². The lowest BCUT2D eigenvalue weighted by Crippen LogP contribution is -2.24. The normalized spacial score (nSPS) is 17.2. The van der Waals surface area contributed by atoms with Crippen molar-refractivity contribution in [3.8, 4) is 5.75 Å². The zero-order valence-electron chi connectivity index (χ0n) is 16.2. The van der Waals surface area contributed by atoms with Crippen LogP contribution in [-0.4, -0.2) is 42.2 Å². The van der Waals surface area contributed by atoms with E-state index in [-0.39, 0.29) is 11.9 Å². The number of rotatable bonds is 7. The van der Waals surface area contributed by atoms with Crippen LogP contribution < -0.4 is 4.74 Å². The Morgan fingerprint density at radius 1 is 1.17 bits per heavy atom. The second kappa shape index (κ2) is 8.49. The molecule has 150 valence electrons. The summed E-state index contributed by atoms with van der Waals surface area (Å²) in [5, 5.41) is 0.813. The number of hydrogen-bond acceptors (Lipinski definition) is 5. The lowest BCUT2D eigenvalue weighted by atomic mass is 10.1. The minimum absolute atomic E-state index is 0.135. The van der Waals surface area contributed by atoms with Crippen molar-refractivity contribution in [1.29, 1.82) is 0 Å². The average Bonchev–Trinajstić information content (AvgIpc) is 3.42. The van der Waals surface area contributed by atoms with E-state index in [4.69, 9.17) is 14.2 Å². The molecule has 0 amide bonds. The van der Waals surface area contributed by atoms with Gasteiger partial charge in [-0.2, -0.15) is 0 Å². The van der Waals surface area contributed by atoms with E-state index in [0.717, 1.165) is 30.4 Å². The molecule has 1 aromatic heterocycles. The lowest BCUT2D eigenvalue weighted by molar-refractivity contribution is 0.0319. The number of aromatic amines is 1. The van der Waals surface area contributed by atoms with Gasteiger partial charge in [-0.3, -0.25) is 4.79 Å². The molecule has 2 heterocycles. The molecule has 0 bridgehead atoms. The number of fused-ring (bicyclic) bond motifs is 1. The van der Waals surface area contributed by atoms with Gasteiger partial charge >= 0.3 is 5.97 Å². The summed E-state index contributed by atoms with van der Waals surface area (Å²) in [5.41, 5.74) is 1.75. The second-order valence-corrected chi connectivity index (χ2v) is 7.13. The summed E-state index contributed by atoms with van der Waals surface area (Å²) in [5.74, 6) is -0.122. The van der Waals surface area contributed by atoms with Crippen LogP contribution in [0.1, 0.15) is 40.5 Å². The van der Waals surface area contributed by atoms with E-state index >= 15 is 0 Å². The largest absolute Gasteiger partial charge is 0.491 e. The molecule has 2 aromatic carbocycles. The fourth-order valence-corrected chi connectivity index (χ4v) is 3.43. The summed E-state index contributed by atoms with van der Waals surface area (Å²) in [7, 11) is 0. The third-order valence-electron chi connectivity index (χ3n) is 5.06. The number of carbonyl (C=O) groups excluding carboxylic acids is 2. The molecule has 0 saturated carbocycles. The minimum Gasteiger partial charge on any atom is -0.491 e. The SMILES string of the molecule is CC(OC(=O)c1ccc(OCC2CCCO2)cc1)C(=O)c1c[nH]c2ccccc12. The van der Waals surface area contributed by atoms with Crippen LogP contribution in [0.3, 0.4) is 0 Å². The van der Waals surface area contributed by atoms with Crippen molar-refractivity contribution in [2.45, 2.75) is 32.0 Å².